The quantitative estimate of drug-likeness (QED) is 0.493. The van der Waals surface area contributed by atoms with Crippen LogP contribution in [-0.4, -0.2) is 47.7 Å². The Bertz CT molecular complexity index is 530. The van der Waals surface area contributed by atoms with Gasteiger partial charge >= 0.3 is 41.7 Å². The highest BCUT2D eigenvalue weighted by Gasteiger charge is 2.93. The van der Waals surface area contributed by atoms with E-state index >= 15 is 0 Å². The standard InChI is InChI=1S/C8HF15O2/c9-2(10,1(24)25)3(11,12)4(13,14)5(15,16)6(17,18)7(19,20)8(21,22)23/h(H,24,25)/p-1/i1+1,2+1,3+1,4+1. The van der Waals surface area contributed by atoms with Crippen LogP contribution in [0.15, 0.2) is 0 Å². The largest absolute Gasteiger partial charge is 0.544 e. The smallest absolute Gasteiger partial charge is 0.460 e. The second kappa shape index (κ2) is 5.46. The third-order valence-electron chi connectivity index (χ3n) is 2.58. The predicted octanol–water partition coefficient (Wildman–Crippen LogP) is 3.11. The van der Waals surface area contributed by atoms with Crippen molar-refractivity contribution in [1.29, 1.82) is 0 Å². The van der Waals surface area contributed by atoms with Crippen LogP contribution in [0.25, 0.3) is 0 Å². The van der Waals surface area contributed by atoms with Gasteiger partial charge in [-0.05, 0) is 0 Å². The van der Waals surface area contributed by atoms with Gasteiger partial charge in [-0.25, -0.2) is 0 Å². The van der Waals surface area contributed by atoms with E-state index in [1.54, 1.807) is 0 Å². The number of halogens is 15. The van der Waals surface area contributed by atoms with Crippen molar-refractivity contribution in [3.05, 3.63) is 0 Å². The minimum absolute atomic E-state index is 4.53. The Morgan fingerprint density at radius 2 is 0.720 bits per heavy atom. The summed E-state index contributed by atoms with van der Waals surface area (Å²) in [5.74, 6) is -53.3. The van der Waals surface area contributed by atoms with E-state index < -0.39 is 47.7 Å². The van der Waals surface area contributed by atoms with Crippen LogP contribution >= 0.6 is 0 Å². The summed E-state index contributed by atoms with van der Waals surface area (Å²) in [5.41, 5.74) is 0. The van der Waals surface area contributed by atoms with E-state index in [1.807, 2.05) is 0 Å². The van der Waals surface area contributed by atoms with Crippen LogP contribution in [0, 0.1) is 0 Å². The summed E-state index contributed by atoms with van der Waals surface area (Å²) >= 11 is 0. The molecule has 17 heteroatoms. The maximum absolute atomic E-state index is 12.8. The SMILES string of the molecule is O=[13C]([O-])[13C](F)(F)[13C](F)(F)[13C](F)(F)C(F)(F)C(F)(F)C(F)(F)C(F)(F)F. The van der Waals surface area contributed by atoms with E-state index in [2.05, 4.69) is 0 Å². The van der Waals surface area contributed by atoms with E-state index in [1.165, 1.54) is 0 Å². The van der Waals surface area contributed by atoms with Crippen molar-refractivity contribution < 1.29 is 75.8 Å². The van der Waals surface area contributed by atoms with Crippen LogP contribution in [0.1, 0.15) is 0 Å². The molecule has 0 aromatic carbocycles. The van der Waals surface area contributed by atoms with Gasteiger partial charge in [0.25, 0.3) is 0 Å². The molecule has 0 aromatic heterocycles. The van der Waals surface area contributed by atoms with E-state index in [0.717, 1.165) is 0 Å². The maximum Gasteiger partial charge on any atom is 0.460 e. The van der Waals surface area contributed by atoms with Gasteiger partial charge in [0.05, 0.1) is 0 Å². The van der Waals surface area contributed by atoms with E-state index in [4.69, 9.17) is 0 Å². The first-order chi connectivity index (χ1) is 10.4. The molecule has 0 heterocycles. The Morgan fingerprint density at radius 1 is 0.480 bits per heavy atom. The third kappa shape index (κ3) is 2.74. The summed E-state index contributed by atoms with van der Waals surface area (Å²) in [7, 11) is 0. The predicted molar refractivity (Wildman–Crippen MR) is 40.7 cm³/mol. The second-order valence-electron chi connectivity index (χ2n) is 4.23. The number of carbonyl (C=O) groups is 1. The molecule has 0 saturated carbocycles. The number of rotatable bonds is 6. The van der Waals surface area contributed by atoms with Gasteiger partial charge < -0.3 is 9.90 Å². The average molecular weight is 417 g/mol. The van der Waals surface area contributed by atoms with Crippen LogP contribution in [0.5, 0.6) is 0 Å². The molecule has 0 rings (SSSR count). The van der Waals surface area contributed by atoms with Gasteiger partial charge in [0.1, 0.15) is 5.97 Å². The summed E-state index contributed by atoms with van der Waals surface area (Å²) in [5, 5.41) is 9.61. The zero-order chi connectivity index (χ0) is 21.1. The highest BCUT2D eigenvalue weighted by atomic mass is 19.4. The summed E-state index contributed by atoms with van der Waals surface area (Å²) in [6.07, 6.45) is -7.71. The summed E-state index contributed by atoms with van der Waals surface area (Å²) in [6.45, 7) is 0. The number of aliphatic carboxylic acids is 1. The van der Waals surface area contributed by atoms with Gasteiger partial charge in [-0.2, -0.15) is 65.9 Å². The highest BCUT2D eigenvalue weighted by molar-refractivity contribution is 5.75. The Hall–Kier alpha value is -1.58. The fraction of sp³-hybridized carbons (Fsp3) is 0.875. The molecule has 0 bridgehead atoms. The number of alkyl halides is 15. The Balaban J connectivity index is 6.55. The van der Waals surface area contributed by atoms with Gasteiger partial charge in [0.2, 0.25) is 0 Å². The van der Waals surface area contributed by atoms with Crippen LogP contribution in [-0.2, 0) is 4.79 Å². The van der Waals surface area contributed by atoms with Gasteiger partial charge in [0.15, 0.2) is 0 Å². The molecular formula is C8F15O2-. The molecule has 0 aliphatic heterocycles. The molecule has 0 amide bonds. The second-order valence-corrected chi connectivity index (χ2v) is 4.23. The van der Waals surface area contributed by atoms with Crippen molar-refractivity contribution in [2.24, 2.45) is 0 Å². The van der Waals surface area contributed by atoms with Crippen molar-refractivity contribution in [2.75, 3.05) is 0 Å². The molecule has 0 saturated heterocycles. The maximum atomic E-state index is 12.8. The molecule has 150 valence electrons. The molecule has 2 nitrogen and oxygen atoms in total. The average Bonchev–Trinajstić information content (AvgIpc) is 2.35. The fourth-order valence-corrected chi connectivity index (χ4v) is 1.09. The fourth-order valence-electron chi connectivity index (χ4n) is 1.09. The number of hydrogen-bond donors (Lipinski definition) is 0. The summed E-state index contributed by atoms with van der Waals surface area (Å²) in [6, 6.07) is 0. The minimum atomic E-state index is -8.50. The van der Waals surface area contributed by atoms with Gasteiger partial charge in [0, 0.05) is 0 Å². The van der Waals surface area contributed by atoms with E-state index in [0.29, 0.717) is 0 Å². The lowest BCUT2D eigenvalue weighted by molar-refractivity contribution is -0.454. The molecule has 0 aromatic rings. The monoisotopic (exact) mass is 417 g/mol. The van der Waals surface area contributed by atoms with E-state index in [9.17, 15) is 75.8 Å². The zero-order valence-corrected chi connectivity index (χ0v) is 10.5. The molecule has 0 aliphatic carbocycles. The highest BCUT2D eigenvalue weighted by Crippen LogP contribution is 2.62. The molecule has 0 fully saturated rings. The first-order valence-electron chi connectivity index (χ1n) is 4.99. The minimum Gasteiger partial charge on any atom is -0.544 e. The van der Waals surface area contributed by atoms with Gasteiger partial charge in [-0.15, -0.1) is 0 Å². The molecular weight excluding hydrogens is 417 g/mol. The van der Waals surface area contributed by atoms with Crippen LogP contribution in [0.3, 0.4) is 0 Å². The number of hydrogen-bond acceptors (Lipinski definition) is 2. The van der Waals surface area contributed by atoms with Crippen molar-refractivity contribution in [3.63, 3.8) is 0 Å². The van der Waals surface area contributed by atoms with Crippen molar-refractivity contribution >= 4 is 5.97 Å². The zero-order valence-electron chi connectivity index (χ0n) is 10.5. The Kier molecular flexibility index (Phi) is 5.11. The number of carboxylic acids is 1. The molecule has 0 atom stereocenters. The van der Waals surface area contributed by atoms with Crippen molar-refractivity contribution in [3.8, 4) is 0 Å². The van der Waals surface area contributed by atoms with Gasteiger partial charge in [-0.3, -0.25) is 0 Å². The van der Waals surface area contributed by atoms with Crippen LogP contribution in [0.2, 0.25) is 0 Å². The first-order valence-corrected chi connectivity index (χ1v) is 4.99. The lowest BCUT2D eigenvalue weighted by Gasteiger charge is -2.41. The number of carbonyl (C=O) groups excluding carboxylic acids is 1. The van der Waals surface area contributed by atoms with Crippen molar-refractivity contribution in [2.45, 2.75) is 41.7 Å². The lowest BCUT2D eigenvalue weighted by Crippen LogP contribution is -2.74. The molecule has 0 aliphatic rings. The normalized spacial score (nSPS) is 16.1. The number of carboxylic acid groups (broad SMARTS) is 1. The summed E-state index contributed by atoms with van der Waals surface area (Å²) < 4.78 is 186. The van der Waals surface area contributed by atoms with Crippen LogP contribution in [0.4, 0.5) is 65.9 Å². The topological polar surface area (TPSA) is 40.1 Å². The molecule has 0 radical (unpaired) electrons. The van der Waals surface area contributed by atoms with E-state index in [-0.39, 0.29) is 0 Å². The molecule has 0 unspecified atom stereocenters. The lowest BCUT2D eigenvalue weighted by atomic mass is 10.1. The molecule has 0 N–H and O–H groups in total. The van der Waals surface area contributed by atoms with Gasteiger partial charge in [-0.1, -0.05) is 0 Å². The molecule has 0 spiro atoms. The van der Waals surface area contributed by atoms with Crippen LogP contribution < -0.4 is 5.11 Å². The Morgan fingerprint density at radius 3 is 0.960 bits per heavy atom. The third-order valence-corrected chi connectivity index (χ3v) is 2.58. The van der Waals surface area contributed by atoms with Crippen molar-refractivity contribution in [1.82, 2.24) is 0 Å². The Labute approximate surface area is 125 Å². The summed E-state index contributed by atoms with van der Waals surface area (Å²) in [4.78, 5) is 9.61. The first kappa shape index (κ1) is 23.4. The molecule has 25 heavy (non-hydrogen) atoms.